The van der Waals surface area contributed by atoms with Crippen LogP contribution in [0.2, 0.25) is 5.02 Å². The van der Waals surface area contributed by atoms with E-state index in [1.165, 1.54) is 19.2 Å². The number of carbonyl (C=O) groups is 2. The van der Waals surface area contributed by atoms with Crippen LogP contribution < -0.4 is 15.4 Å². The first-order valence-corrected chi connectivity index (χ1v) is 10.2. The molecule has 0 atom stereocenters. The molecule has 0 aliphatic carbocycles. The summed E-state index contributed by atoms with van der Waals surface area (Å²) in [6.07, 6.45) is 0. The zero-order valence-corrected chi connectivity index (χ0v) is 18.4. The summed E-state index contributed by atoms with van der Waals surface area (Å²) < 4.78 is 19.2. The van der Waals surface area contributed by atoms with Crippen LogP contribution in [0.3, 0.4) is 0 Å². The number of rotatable bonds is 8. The van der Waals surface area contributed by atoms with E-state index in [0.717, 1.165) is 0 Å². The molecule has 0 unspecified atom stereocenters. The number of anilines is 2. The molecule has 0 radical (unpaired) electrons. The standard InChI is InChI=1S/C24H23ClFN3O3/c1-29(14-18-19(25)6-5-7-20(18)26)15-23(30)27-17-12-10-16(11-13-17)24(31)28-21-8-3-4-9-22(21)32-2/h3-13H,14-15H2,1-2H3,(H,27,30)(H,28,31). The minimum atomic E-state index is -0.410. The Morgan fingerprint density at radius 3 is 2.41 bits per heavy atom. The molecule has 2 N–H and O–H groups in total. The molecule has 0 aromatic heterocycles. The minimum absolute atomic E-state index is 0.0424. The molecule has 0 aliphatic heterocycles. The lowest BCUT2D eigenvalue weighted by molar-refractivity contribution is -0.117. The molecule has 0 aliphatic rings. The molecule has 166 valence electrons. The Hall–Kier alpha value is -3.42. The lowest BCUT2D eigenvalue weighted by Gasteiger charge is -2.17. The molecule has 0 bridgehead atoms. The fourth-order valence-electron chi connectivity index (χ4n) is 3.10. The molecule has 32 heavy (non-hydrogen) atoms. The number of hydrogen-bond acceptors (Lipinski definition) is 4. The van der Waals surface area contributed by atoms with E-state index in [4.69, 9.17) is 16.3 Å². The second-order valence-electron chi connectivity index (χ2n) is 7.15. The first kappa shape index (κ1) is 23.2. The summed E-state index contributed by atoms with van der Waals surface area (Å²) in [4.78, 5) is 26.5. The molecular formula is C24H23ClFN3O3. The third-order valence-corrected chi connectivity index (χ3v) is 5.04. The molecule has 0 saturated heterocycles. The number of nitrogens with zero attached hydrogens (tertiary/aromatic N) is 1. The van der Waals surface area contributed by atoms with Gasteiger partial charge in [0.2, 0.25) is 5.91 Å². The van der Waals surface area contributed by atoms with Gasteiger partial charge in [0.05, 0.1) is 19.3 Å². The zero-order valence-electron chi connectivity index (χ0n) is 17.7. The van der Waals surface area contributed by atoms with E-state index in [-0.39, 0.29) is 24.9 Å². The quantitative estimate of drug-likeness (QED) is 0.511. The zero-order chi connectivity index (χ0) is 23.1. The van der Waals surface area contributed by atoms with Gasteiger partial charge in [-0.1, -0.05) is 29.8 Å². The van der Waals surface area contributed by atoms with Crippen molar-refractivity contribution in [2.45, 2.75) is 6.54 Å². The number of carbonyl (C=O) groups excluding carboxylic acids is 2. The van der Waals surface area contributed by atoms with Gasteiger partial charge >= 0.3 is 0 Å². The summed E-state index contributed by atoms with van der Waals surface area (Å²) in [5.41, 5.74) is 1.88. The minimum Gasteiger partial charge on any atom is -0.495 e. The first-order valence-electron chi connectivity index (χ1n) is 9.83. The van der Waals surface area contributed by atoms with Gasteiger partial charge in [0.1, 0.15) is 11.6 Å². The molecule has 0 spiro atoms. The number of likely N-dealkylation sites (N-methyl/N-ethyl adjacent to an activating group) is 1. The van der Waals surface area contributed by atoms with Crippen molar-refractivity contribution in [2.75, 3.05) is 31.3 Å². The van der Waals surface area contributed by atoms with Gasteiger partial charge in [-0.2, -0.15) is 0 Å². The van der Waals surface area contributed by atoms with E-state index in [9.17, 15) is 14.0 Å². The summed E-state index contributed by atoms with van der Waals surface area (Å²) in [7, 11) is 3.23. The van der Waals surface area contributed by atoms with Crippen LogP contribution in [0, 0.1) is 5.82 Å². The Labute approximate surface area is 191 Å². The van der Waals surface area contributed by atoms with E-state index in [1.807, 2.05) is 6.07 Å². The Morgan fingerprint density at radius 2 is 1.72 bits per heavy atom. The van der Waals surface area contributed by atoms with Gasteiger partial charge in [-0.15, -0.1) is 0 Å². The molecule has 0 heterocycles. The van der Waals surface area contributed by atoms with Gasteiger partial charge < -0.3 is 15.4 Å². The predicted octanol–water partition coefficient (Wildman–Crippen LogP) is 4.81. The molecule has 3 rings (SSSR count). The van der Waals surface area contributed by atoms with Crippen LogP contribution in [0.25, 0.3) is 0 Å². The maximum Gasteiger partial charge on any atom is 0.255 e. The van der Waals surface area contributed by atoms with E-state index < -0.39 is 5.82 Å². The lowest BCUT2D eigenvalue weighted by atomic mass is 10.2. The molecule has 0 fully saturated rings. The van der Waals surface area contributed by atoms with Crippen molar-refractivity contribution in [3.8, 4) is 5.75 Å². The molecule has 3 aromatic rings. The summed E-state index contributed by atoms with van der Waals surface area (Å²) in [5.74, 6) is -0.419. The third-order valence-electron chi connectivity index (χ3n) is 4.69. The summed E-state index contributed by atoms with van der Waals surface area (Å²) in [6.45, 7) is 0.238. The monoisotopic (exact) mass is 455 g/mol. The maximum absolute atomic E-state index is 13.9. The first-order chi connectivity index (χ1) is 15.4. The smallest absolute Gasteiger partial charge is 0.255 e. The van der Waals surface area contributed by atoms with Crippen LogP contribution in [-0.4, -0.2) is 37.4 Å². The van der Waals surface area contributed by atoms with Crippen molar-refractivity contribution >= 4 is 34.8 Å². The van der Waals surface area contributed by atoms with E-state index in [1.54, 1.807) is 60.5 Å². The van der Waals surface area contributed by atoms with Crippen LogP contribution in [0.15, 0.2) is 66.7 Å². The maximum atomic E-state index is 13.9. The lowest BCUT2D eigenvalue weighted by Crippen LogP contribution is -2.30. The number of halogens is 2. The van der Waals surface area contributed by atoms with Gasteiger partial charge in [0, 0.05) is 28.4 Å². The number of para-hydroxylation sites is 2. The largest absolute Gasteiger partial charge is 0.495 e. The normalized spacial score (nSPS) is 10.7. The number of hydrogen-bond donors (Lipinski definition) is 2. The van der Waals surface area contributed by atoms with Gasteiger partial charge in [0.25, 0.3) is 5.91 Å². The van der Waals surface area contributed by atoms with Crippen LogP contribution in [0.4, 0.5) is 15.8 Å². The van der Waals surface area contributed by atoms with E-state index >= 15 is 0 Å². The number of ether oxygens (including phenoxy) is 1. The van der Waals surface area contributed by atoms with Gasteiger partial charge in [-0.25, -0.2) is 4.39 Å². The van der Waals surface area contributed by atoms with E-state index in [2.05, 4.69) is 10.6 Å². The topological polar surface area (TPSA) is 70.7 Å². The summed E-state index contributed by atoms with van der Waals surface area (Å²) in [5, 5.41) is 5.88. The molecule has 0 saturated carbocycles. The van der Waals surface area contributed by atoms with Crippen LogP contribution in [0.5, 0.6) is 5.75 Å². The van der Waals surface area contributed by atoms with Crippen LogP contribution in [0.1, 0.15) is 15.9 Å². The SMILES string of the molecule is COc1ccccc1NC(=O)c1ccc(NC(=O)CN(C)Cc2c(F)cccc2Cl)cc1. The van der Waals surface area contributed by atoms with E-state index in [0.29, 0.717) is 33.3 Å². The van der Waals surface area contributed by atoms with Crippen molar-refractivity contribution in [3.63, 3.8) is 0 Å². The van der Waals surface area contributed by atoms with Crippen molar-refractivity contribution in [3.05, 3.63) is 88.7 Å². The molecule has 6 nitrogen and oxygen atoms in total. The highest BCUT2D eigenvalue weighted by Gasteiger charge is 2.13. The number of amides is 2. The van der Waals surface area contributed by atoms with Crippen molar-refractivity contribution < 1.29 is 18.7 Å². The van der Waals surface area contributed by atoms with Gasteiger partial charge in [0.15, 0.2) is 0 Å². The fourth-order valence-corrected chi connectivity index (χ4v) is 3.32. The third kappa shape index (κ3) is 6.06. The molecule has 3 aromatic carbocycles. The molecule has 8 heteroatoms. The predicted molar refractivity (Wildman–Crippen MR) is 124 cm³/mol. The molecular weight excluding hydrogens is 433 g/mol. The highest BCUT2D eigenvalue weighted by Crippen LogP contribution is 2.24. The Bertz CT molecular complexity index is 1090. The highest BCUT2D eigenvalue weighted by molar-refractivity contribution is 6.31. The average Bonchev–Trinajstić information content (AvgIpc) is 2.77. The van der Waals surface area contributed by atoms with Crippen molar-refractivity contribution in [2.24, 2.45) is 0 Å². The number of benzene rings is 3. The number of nitrogens with one attached hydrogen (secondary N) is 2. The summed E-state index contributed by atoms with van der Waals surface area (Å²) in [6, 6.07) is 18.1. The second kappa shape index (κ2) is 10.7. The van der Waals surface area contributed by atoms with Gasteiger partial charge in [-0.3, -0.25) is 14.5 Å². The van der Waals surface area contributed by atoms with Crippen molar-refractivity contribution in [1.82, 2.24) is 4.90 Å². The van der Waals surface area contributed by atoms with Gasteiger partial charge in [-0.05, 0) is 55.6 Å². The Kier molecular flexibility index (Phi) is 7.81. The average molecular weight is 456 g/mol. The Balaban J connectivity index is 1.55. The number of methoxy groups -OCH3 is 1. The van der Waals surface area contributed by atoms with Crippen LogP contribution in [-0.2, 0) is 11.3 Å². The van der Waals surface area contributed by atoms with Crippen molar-refractivity contribution in [1.29, 1.82) is 0 Å². The fraction of sp³-hybridized carbons (Fsp3) is 0.167. The highest BCUT2D eigenvalue weighted by atomic mass is 35.5. The molecule has 2 amide bonds. The van der Waals surface area contributed by atoms with Crippen LogP contribution >= 0.6 is 11.6 Å². The summed E-state index contributed by atoms with van der Waals surface area (Å²) >= 11 is 6.04. The Morgan fingerprint density at radius 1 is 1.00 bits per heavy atom. The second-order valence-corrected chi connectivity index (χ2v) is 7.56.